The van der Waals surface area contributed by atoms with Crippen molar-refractivity contribution in [3.05, 3.63) is 69.0 Å². The Morgan fingerprint density at radius 2 is 1.69 bits per heavy atom. The topological polar surface area (TPSA) is 35.5 Å². The van der Waals surface area contributed by atoms with Crippen molar-refractivity contribution >= 4 is 40.8 Å². The van der Waals surface area contributed by atoms with E-state index >= 15 is 0 Å². The van der Waals surface area contributed by atoms with E-state index in [4.69, 9.17) is 32.7 Å². The van der Waals surface area contributed by atoms with Crippen molar-refractivity contribution in [2.75, 3.05) is 14.2 Å². The fourth-order valence-electron chi connectivity index (χ4n) is 2.99. The molecule has 1 heterocycles. The van der Waals surface area contributed by atoms with Gasteiger partial charge in [0.05, 0.1) is 25.7 Å². The summed E-state index contributed by atoms with van der Waals surface area (Å²) in [5.41, 5.74) is 2.02. The minimum Gasteiger partial charge on any atom is -0.496 e. The lowest BCUT2D eigenvalue weighted by molar-refractivity contribution is -0.108. The van der Waals surface area contributed by atoms with E-state index in [1.165, 1.54) is 0 Å². The summed E-state index contributed by atoms with van der Waals surface area (Å²) in [6, 6.07) is 12.9. The van der Waals surface area contributed by atoms with Crippen LogP contribution in [0.4, 0.5) is 0 Å². The maximum atomic E-state index is 12.1. The lowest BCUT2D eigenvalue weighted by Crippen LogP contribution is -2.09. The molecule has 0 aliphatic rings. The van der Waals surface area contributed by atoms with Gasteiger partial charge in [-0.1, -0.05) is 35.3 Å². The Morgan fingerprint density at radius 1 is 0.962 bits per heavy atom. The molecule has 0 N–H and O–H groups in total. The Bertz CT molecular complexity index is 903. The van der Waals surface area contributed by atoms with Gasteiger partial charge in [-0.25, -0.2) is 0 Å². The molecule has 1 unspecified atom stereocenters. The van der Waals surface area contributed by atoms with Crippen LogP contribution in [0, 0.1) is 0 Å². The van der Waals surface area contributed by atoms with Crippen molar-refractivity contribution < 1.29 is 14.3 Å². The zero-order chi connectivity index (χ0) is 18.7. The Balaban J connectivity index is 2.31. The molecule has 0 aliphatic carbocycles. The molecule has 3 aromatic rings. The van der Waals surface area contributed by atoms with Crippen molar-refractivity contribution in [1.82, 2.24) is 0 Å². The highest BCUT2D eigenvalue weighted by atomic mass is 35.5. The first-order valence-corrected chi connectivity index (χ1v) is 9.43. The molecular formula is C20H16Cl2O3S. The average Bonchev–Trinajstić information content (AvgIpc) is 3.18. The average molecular weight is 407 g/mol. The number of methoxy groups -OCH3 is 2. The Labute approximate surface area is 166 Å². The van der Waals surface area contributed by atoms with Crippen molar-refractivity contribution in [1.29, 1.82) is 0 Å². The van der Waals surface area contributed by atoms with Gasteiger partial charge in [0.25, 0.3) is 0 Å². The third-order valence-electron chi connectivity index (χ3n) is 4.12. The molecule has 26 heavy (non-hydrogen) atoms. The van der Waals surface area contributed by atoms with E-state index in [-0.39, 0.29) is 0 Å². The number of aldehydes is 1. The molecule has 2 aromatic carbocycles. The second-order valence-electron chi connectivity index (χ2n) is 5.49. The van der Waals surface area contributed by atoms with Gasteiger partial charge >= 0.3 is 0 Å². The molecule has 0 spiro atoms. The third kappa shape index (κ3) is 3.32. The Morgan fingerprint density at radius 3 is 2.23 bits per heavy atom. The molecule has 0 aliphatic heterocycles. The van der Waals surface area contributed by atoms with Crippen molar-refractivity contribution in [2.24, 2.45) is 0 Å². The monoisotopic (exact) mass is 406 g/mol. The number of carbonyl (C=O) groups is 1. The summed E-state index contributed by atoms with van der Waals surface area (Å²) in [5.74, 6) is 0.385. The Kier molecular flexibility index (Phi) is 5.87. The number of hydrogen-bond acceptors (Lipinski definition) is 4. The lowest BCUT2D eigenvalue weighted by Gasteiger charge is -2.22. The van der Waals surface area contributed by atoms with Crippen LogP contribution in [0.5, 0.6) is 11.5 Å². The van der Waals surface area contributed by atoms with Gasteiger partial charge in [0.1, 0.15) is 17.8 Å². The number of halogens is 2. The van der Waals surface area contributed by atoms with Crippen molar-refractivity contribution in [3.8, 4) is 21.9 Å². The zero-order valence-corrected chi connectivity index (χ0v) is 16.5. The second-order valence-corrected chi connectivity index (χ2v) is 7.25. The van der Waals surface area contributed by atoms with Gasteiger partial charge < -0.3 is 14.3 Å². The van der Waals surface area contributed by atoms with Crippen LogP contribution >= 0.6 is 34.5 Å². The van der Waals surface area contributed by atoms with Crippen LogP contribution in [0.2, 0.25) is 10.0 Å². The summed E-state index contributed by atoms with van der Waals surface area (Å²) in [7, 11) is 3.13. The molecule has 0 bridgehead atoms. The number of benzene rings is 2. The van der Waals surface area contributed by atoms with Gasteiger partial charge in [0.15, 0.2) is 0 Å². The first kappa shape index (κ1) is 18.8. The highest BCUT2D eigenvalue weighted by molar-refractivity contribution is 7.13. The summed E-state index contributed by atoms with van der Waals surface area (Å²) >= 11 is 14.3. The van der Waals surface area contributed by atoms with Crippen LogP contribution in [0.15, 0.2) is 47.8 Å². The third-order valence-corrected chi connectivity index (χ3v) is 5.69. The molecule has 1 atom stereocenters. The van der Waals surface area contributed by atoms with E-state index < -0.39 is 5.92 Å². The predicted octanol–water partition coefficient (Wildman–Crippen LogP) is 6.07. The molecule has 0 fully saturated rings. The van der Waals surface area contributed by atoms with E-state index in [1.807, 2.05) is 29.6 Å². The number of carbonyl (C=O) groups excluding carboxylic acids is 1. The fourth-order valence-corrected chi connectivity index (χ4v) is 4.37. The van der Waals surface area contributed by atoms with Crippen molar-refractivity contribution in [2.45, 2.75) is 5.92 Å². The second kappa shape index (κ2) is 8.12. The minimum atomic E-state index is -0.721. The first-order chi connectivity index (χ1) is 12.6. The fraction of sp³-hybridized carbons (Fsp3) is 0.150. The van der Waals surface area contributed by atoms with Crippen LogP contribution in [-0.2, 0) is 4.79 Å². The maximum absolute atomic E-state index is 12.1. The largest absolute Gasteiger partial charge is 0.496 e. The molecule has 3 nitrogen and oxygen atoms in total. The van der Waals surface area contributed by atoms with E-state index in [1.54, 1.807) is 43.8 Å². The van der Waals surface area contributed by atoms with Crippen molar-refractivity contribution in [3.63, 3.8) is 0 Å². The van der Waals surface area contributed by atoms with Crippen LogP contribution in [-0.4, -0.2) is 20.5 Å². The van der Waals surface area contributed by atoms with Crippen LogP contribution in [0.3, 0.4) is 0 Å². The van der Waals surface area contributed by atoms with Gasteiger partial charge in [-0.15, -0.1) is 11.3 Å². The molecule has 1 aromatic heterocycles. The van der Waals surface area contributed by atoms with E-state index in [2.05, 4.69) is 0 Å². The molecule has 3 rings (SSSR count). The quantitative estimate of drug-likeness (QED) is 0.465. The predicted molar refractivity (Wildman–Crippen MR) is 107 cm³/mol. The summed E-state index contributed by atoms with van der Waals surface area (Å²) < 4.78 is 11.2. The standard InChI is InChI=1S/C20H16Cl2O3S/c1-24-16-9-8-12(17-7-4-10-26-17)20(25-2)19(16)13(11-23)18-14(21)5-3-6-15(18)22/h3-11,13H,1-2H3. The highest BCUT2D eigenvalue weighted by Gasteiger charge is 2.28. The van der Waals surface area contributed by atoms with Crippen LogP contribution in [0.25, 0.3) is 10.4 Å². The minimum absolute atomic E-state index is 0.417. The summed E-state index contributed by atoms with van der Waals surface area (Å²) in [5, 5.41) is 2.82. The SMILES string of the molecule is COc1ccc(-c2cccs2)c(OC)c1C(C=O)c1c(Cl)cccc1Cl. The zero-order valence-electron chi connectivity index (χ0n) is 14.2. The molecule has 0 saturated carbocycles. The van der Waals surface area contributed by atoms with E-state index in [0.29, 0.717) is 32.7 Å². The van der Waals surface area contributed by atoms with Gasteiger partial charge in [-0.05, 0) is 35.7 Å². The molecule has 0 saturated heterocycles. The summed E-state index contributed by atoms with van der Waals surface area (Å²) in [4.78, 5) is 13.1. The molecule has 6 heteroatoms. The lowest BCUT2D eigenvalue weighted by atomic mass is 9.89. The summed E-state index contributed by atoms with van der Waals surface area (Å²) in [6.07, 6.45) is 0.811. The molecule has 0 amide bonds. The van der Waals surface area contributed by atoms with Gasteiger partial charge in [-0.3, -0.25) is 0 Å². The van der Waals surface area contributed by atoms with E-state index in [9.17, 15) is 4.79 Å². The molecular weight excluding hydrogens is 391 g/mol. The van der Waals surface area contributed by atoms with Gasteiger partial charge in [0.2, 0.25) is 0 Å². The smallest absolute Gasteiger partial charge is 0.135 e. The number of thiophene rings is 1. The van der Waals surface area contributed by atoms with Crippen LogP contribution in [0.1, 0.15) is 17.0 Å². The maximum Gasteiger partial charge on any atom is 0.135 e. The summed E-state index contributed by atoms with van der Waals surface area (Å²) in [6.45, 7) is 0. The first-order valence-electron chi connectivity index (χ1n) is 7.80. The highest BCUT2D eigenvalue weighted by Crippen LogP contribution is 2.47. The number of ether oxygens (including phenoxy) is 2. The van der Waals surface area contributed by atoms with Crippen LogP contribution < -0.4 is 9.47 Å². The van der Waals surface area contributed by atoms with Gasteiger partial charge in [0, 0.05) is 26.0 Å². The molecule has 0 radical (unpaired) electrons. The Hall–Kier alpha value is -2.01. The van der Waals surface area contributed by atoms with Gasteiger partial charge in [-0.2, -0.15) is 0 Å². The normalized spacial score (nSPS) is 11.8. The molecule has 134 valence electrons. The number of rotatable bonds is 6. The van der Waals surface area contributed by atoms with E-state index in [0.717, 1.165) is 16.7 Å². The number of hydrogen-bond donors (Lipinski definition) is 0.